The molecule has 0 aliphatic heterocycles. The molecule has 0 bridgehead atoms. The lowest BCUT2D eigenvalue weighted by atomic mass is 10.2. The predicted molar refractivity (Wildman–Crippen MR) is 58.3 cm³/mol. The lowest BCUT2D eigenvalue weighted by Gasteiger charge is -2.08. The van der Waals surface area contributed by atoms with E-state index in [0.717, 1.165) is 5.56 Å². The topological polar surface area (TPSA) is 35.2 Å². The molecule has 0 aliphatic carbocycles. The number of rotatable bonds is 5. The number of ether oxygens (including phenoxy) is 1. The lowest BCUT2D eigenvalue weighted by molar-refractivity contribution is -0.0329. The highest BCUT2D eigenvalue weighted by Gasteiger charge is 2.27. The van der Waals surface area contributed by atoms with Crippen LogP contribution in [0.25, 0.3) is 0 Å². The zero-order chi connectivity index (χ0) is 12.0. The average Bonchev–Trinajstić information content (AvgIpc) is 2.24. The summed E-state index contributed by atoms with van der Waals surface area (Å²) >= 11 is -0.0845. The third-order valence-electron chi connectivity index (χ3n) is 1.78. The Labute approximate surface area is 96.0 Å². The molecule has 1 rings (SSSR count). The normalized spacial score (nSPS) is 11.5. The molecule has 6 heteroatoms. The maximum atomic E-state index is 11.8. The minimum Gasteiger partial charge on any atom is -0.493 e. The van der Waals surface area contributed by atoms with Crippen molar-refractivity contribution in [1.82, 2.24) is 0 Å². The molecule has 90 valence electrons. The Morgan fingerprint density at radius 1 is 1.19 bits per heavy atom. The molecule has 0 atom stereocenters. The van der Waals surface area contributed by atoms with Crippen LogP contribution in [-0.2, 0) is 6.54 Å². The van der Waals surface area contributed by atoms with Crippen LogP contribution in [0.1, 0.15) is 5.56 Å². The fourth-order valence-electron chi connectivity index (χ4n) is 1.04. The number of nitrogens with two attached hydrogens (primary N) is 1. The summed E-state index contributed by atoms with van der Waals surface area (Å²) < 4.78 is 40.5. The molecule has 2 nitrogen and oxygen atoms in total. The standard InChI is InChI=1S/C10H12F3NOS/c11-10(12,13)16-6-5-15-9-3-1-8(7-14)2-4-9/h1-4H,5-7,14H2. The Morgan fingerprint density at radius 3 is 2.31 bits per heavy atom. The smallest absolute Gasteiger partial charge is 0.441 e. The van der Waals surface area contributed by atoms with Gasteiger partial charge >= 0.3 is 5.51 Å². The molecular weight excluding hydrogens is 239 g/mol. The second kappa shape index (κ2) is 6.00. The van der Waals surface area contributed by atoms with Gasteiger partial charge in [0.25, 0.3) is 0 Å². The first-order chi connectivity index (χ1) is 7.51. The number of hydrogen-bond acceptors (Lipinski definition) is 3. The minimum atomic E-state index is -4.19. The first-order valence-corrected chi connectivity index (χ1v) is 5.62. The maximum absolute atomic E-state index is 11.8. The van der Waals surface area contributed by atoms with E-state index in [1.807, 2.05) is 0 Å². The van der Waals surface area contributed by atoms with Gasteiger partial charge < -0.3 is 10.5 Å². The van der Waals surface area contributed by atoms with Gasteiger partial charge in [0.15, 0.2) is 0 Å². The van der Waals surface area contributed by atoms with Gasteiger partial charge in [-0.2, -0.15) is 13.2 Å². The van der Waals surface area contributed by atoms with E-state index in [1.165, 1.54) is 0 Å². The van der Waals surface area contributed by atoms with Crippen LogP contribution in [0.3, 0.4) is 0 Å². The van der Waals surface area contributed by atoms with Crippen molar-refractivity contribution in [2.24, 2.45) is 5.73 Å². The van der Waals surface area contributed by atoms with Gasteiger partial charge in [-0.3, -0.25) is 0 Å². The second-order valence-corrected chi connectivity index (χ2v) is 4.15. The fraction of sp³-hybridized carbons (Fsp3) is 0.400. The Morgan fingerprint density at radius 2 is 1.81 bits per heavy atom. The Bertz CT molecular complexity index is 313. The average molecular weight is 251 g/mol. The number of thioether (sulfide) groups is 1. The maximum Gasteiger partial charge on any atom is 0.441 e. The summed E-state index contributed by atoms with van der Waals surface area (Å²) in [5, 5.41) is 0. The van der Waals surface area contributed by atoms with Gasteiger partial charge in [0.2, 0.25) is 0 Å². The molecule has 16 heavy (non-hydrogen) atoms. The zero-order valence-corrected chi connectivity index (χ0v) is 9.27. The van der Waals surface area contributed by atoms with Gasteiger partial charge in [0, 0.05) is 12.3 Å². The van der Waals surface area contributed by atoms with Crippen LogP contribution >= 0.6 is 11.8 Å². The van der Waals surface area contributed by atoms with Crippen molar-refractivity contribution in [3.63, 3.8) is 0 Å². The molecule has 0 radical (unpaired) electrons. The molecule has 0 saturated heterocycles. The van der Waals surface area contributed by atoms with Crippen LogP contribution < -0.4 is 10.5 Å². The number of hydrogen-bond donors (Lipinski definition) is 1. The highest BCUT2D eigenvalue weighted by molar-refractivity contribution is 8.00. The largest absolute Gasteiger partial charge is 0.493 e. The van der Waals surface area contributed by atoms with E-state index < -0.39 is 5.51 Å². The lowest BCUT2D eigenvalue weighted by Crippen LogP contribution is -2.07. The van der Waals surface area contributed by atoms with Crippen LogP contribution in [0, 0.1) is 0 Å². The van der Waals surface area contributed by atoms with Gasteiger partial charge in [-0.1, -0.05) is 12.1 Å². The summed E-state index contributed by atoms with van der Waals surface area (Å²) in [4.78, 5) is 0. The molecule has 0 fully saturated rings. The van der Waals surface area contributed by atoms with E-state index in [2.05, 4.69) is 0 Å². The third kappa shape index (κ3) is 5.27. The van der Waals surface area contributed by atoms with Crippen LogP contribution in [0.2, 0.25) is 0 Å². The van der Waals surface area contributed by atoms with E-state index >= 15 is 0 Å². The van der Waals surface area contributed by atoms with Crippen molar-refractivity contribution in [1.29, 1.82) is 0 Å². The SMILES string of the molecule is NCc1ccc(OCCSC(F)(F)F)cc1. The molecule has 2 N–H and O–H groups in total. The first kappa shape index (κ1) is 13.2. The highest BCUT2D eigenvalue weighted by Crippen LogP contribution is 2.29. The van der Waals surface area contributed by atoms with Crippen LogP contribution in [0.5, 0.6) is 5.75 Å². The summed E-state index contributed by atoms with van der Waals surface area (Å²) in [6.07, 6.45) is 0. The van der Waals surface area contributed by atoms with Crippen molar-refractivity contribution in [2.45, 2.75) is 12.1 Å². The molecule has 0 unspecified atom stereocenters. The molecule has 0 amide bonds. The molecule has 1 aromatic rings. The number of alkyl halides is 3. The van der Waals surface area contributed by atoms with Gasteiger partial charge in [-0.25, -0.2) is 0 Å². The third-order valence-corrected chi connectivity index (χ3v) is 2.47. The van der Waals surface area contributed by atoms with Crippen molar-refractivity contribution in [3.05, 3.63) is 29.8 Å². The molecule has 0 aromatic heterocycles. The van der Waals surface area contributed by atoms with Gasteiger partial charge in [0.1, 0.15) is 5.75 Å². The molecule has 1 aromatic carbocycles. The van der Waals surface area contributed by atoms with Crippen LogP contribution in [-0.4, -0.2) is 17.9 Å². The first-order valence-electron chi connectivity index (χ1n) is 4.64. The van der Waals surface area contributed by atoms with E-state index in [1.54, 1.807) is 24.3 Å². The van der Waals surface area contributed by atoms with Gasteiger partial charge in [-0.05, 0) is 29.5 Å². The molecule has 0 heterocycles. The zero-order valence-electron chi connectivity index (χ0n) is 8.46. The summed E-state index contributed by atoms with van der Waals surface area (Å²) in [6.45, 7) is 0.469. The van der Waals surface area contributed by atoms with Gasteiger partial charge in [-0.15, -0.1) is 0 Å². The summed E-state index contributed by atoms with van der Waals surface area (Å²) in [6, 6.07) is 6.96. The van der Waals surface area contributed by atoms with E-state index in [0.29, 0.717) is 12.3 Å². The number of halogens is 3. The summed E-state index contributed by atoms with van der Waals surface area (Å²) in [5.74, 6) is 0.447. The van der Waals surface area contributed by atoms with Crippen molar-refractivity contribution in [3.8, 4) is 5.75 Å². The molecule has 0 saturated carbocycles. The van der Waals surface area contributed by atoms with Crippen LogP contribution in [0.15, 0.2) is 24.3 Å². The van der Waals surface area contributed by atoms with Crippen molar-refractivity contribution < 1.29 is 17.9 Å². The Hall–Kier alpha value is -0.880. The Kier molecular flexibility index (Phi) is 4.95. The summed E-state index contributed by atoms with van der Waals surface area (Å²) in [7, 11) is 0. The quantitative estimate of drug-likeness (QED) is 0.817. The summed E-state index contributed by atoms with van der Waals surface area (Å²) in [5.41, 5.74) is 2.17. The molecular formula is C10H12F3NOS. The number of benzene rings is 1. The van der Waals surface area contributed by atoms with Crippen molar-refractivity contribution in [2.75, 3.05) is 12.4 Å². The van der Waals surface area contributed by atoms with E-state index in [9.17, 15) is 13.2 Å². The van der Waals surface area contributed by atoms with E-state index in [4.69, 9.17) is 10.5 Å². The fourth-order valence-corrected chi connectivity index (χ4v) is 1.44. The molecule has 0 spiro atoms. The van der Waals surface area contributed by atoms with E-state index in [-0.39, 0.29) is 24.1 Å². The predicted octanol–water partition coefficient (Wildman–Crippen LogP) is 2.78. The van der Waals surface area contributed by atoms with Crippen LogP contribution in [0.4, 0.5) is 13.2 Å². The highest BCUT2D eigenvalue weighted by atomic mass is 32.2. The molecule has 0 aliphatic rings. The second-order valence-electron chi connectivity index (χ2n) is 2.99. The monoisotopic (exact) mass is 251 g/mol. The minimum absolute atomic E-state index is 0.0339. The van der Waals surface area contributed by atoms with Gasteiger partial charge in [0.05, 0.1) is 6.61 Å². The Balaban J connectivity index is 2.27. The van der Waals surface area contributed by atoms with Crippen molar-refractivity contribution >= 4 is 11.8 Å².